The van der Waals surface area contributed by atoms with Gasteiger partial charge in [0.2, 0.25) is 0 Å². The van der Waals surface area contributed by atoms with Gasteiger partial charge in [-0.05, 0) is 97.6 Å². The zero-order chi connectivity index (χ0) is 17.1. The molecule has 24 heavy (non-hydrogen) atoms. The Balaban J connectivity index is 0.00000288. The van der Waals surface area contributed by atoms with Crippen LogP contribution in [0.2, 0.25) is 0 Å². The number of rotatable bonds is 5. The molecule has 0 heterocycles. The number of hydrogen-bond donors (Lipinski definition) is 2. The zero-order valence-electron chi connectivity index (χ0n) is 12.6. The fourth-order valence-corrected chi connectivity index (χ4v) is 4.46. The van der Waals surface area contributed by atoms with Crippen LogP contribution in [0.15, 0.2) is 30.3 Å². The summed E-state index contributed by atoms with van der Waals surface area (Å²) in [6, 6.07) is 7.48. The number of carboxylic acid groups (broad SMARTS) is 1. The van der Waals surface area contributed by atoms with Crippen LogP contribution in [-0.4, -0.2) is 17.1 Å². The molecule has 0 fully saturated rings. The van der Waals surface area contributed by atoms with E-state index in [2.05, 4.69) is 45.2 Å². The Bertz CT molecular complexity index is 734. The first-order chi connectivity index (χ1) is 10.8. The molecule has 0 radical (unpaired) electrons. The van der Waals surface area contributed by atoms with E-state index in [1.807, 2.05) is 34.7 Å². The van der Waals surface area contributed by atoms with Crippen molar-refractivity contribution in [3.05, 3.63) is 46.6 Å². The minimum atomic E-state index is -1.02. The van der Waals surface area contributed by atoms with Crippen LogP contribution in [-0.2, 0) is 11.2 Å². The summed E-state index contributed by atoms with van der Waals surface area (Å²) in [6.07, 6.45) is 0.259. The molecule has 122 valence electrons. The molecule has 0 unspecified atom stereocenters. The summed E-state index contributed by atoms with van der Waals surface area (Å²) >= 11 is 6.24. The molecule has 0 bridgehead atoms. The summed E-state index contributed by atoms with van der Waals surface area (Å²) in [5, 5.41) is 20.4. The Kier molecular flexibility index (Phi) is 9.57. The van der Waals surface area contributed by atoms with E-state index in [9.17, 15) is 9.90 Å². The van der Waals surface area contributed by atoms with Gasteiger partial charge in [0, 0.05) is 17.1 Å². The number of nitrogens with two attached hydrogens (primary N) is 1. The van der Waals surface area contributed by atoms with Gasteiger partial charge in [0.05, 0.1) is 0 Å². The first kappa shape index (κ1) is 22.7. The normalized spacial score (nSPS) is 11.5. The third-order valence-corrected chi connectivity index (χ3v) is 5.76. The molecule has 0 aromatic heterocycles. The summed E-state index contributed by atoms with van der Waals surface area (Å²) < 4.78 is 8.14. The van der Waals surface area contributed by atoms with Crippen LogP contribution in [0, 0.1) is 10.7 Å². The average Bonchev–Trinajstić information content (AvgIpc) is 2.46. The van der Waals surface area contributed by atoms with Crippen molar-refractivity contribution >= 4 is 73.7 Å². The minimum Gasteiger partial charge on any atom is -0.872 e. The Morgan fingerprint density at radius 2 is 1.67 bits per heavy atom. The number of benzene rings is 2. The Morgan fingerprint density at radius 3 is 2.17 bits per heavy atom. The van der Waals surface area contributed by atoms with Crippen molar-refractivity contribution in [3.63, 3.8) is 0 Å². The Morgan fingerprint density at radius 1 is 1.12 bits per heavy atom. The van der Waals surface area contributed by atoms with E-state index < -0.39 is 12.0 Å². The van der Waals surface area contributed by atoms with E-state index in [1.165, 1.54) is 6.07 Å². The third-order valence-electron chi connectivity index (χ3n) is 2.99. The van der Waals surface area contributed by atoms with Crippen LogP contribution in [0.4, 0.5) is 0 Å². The number of ether oxygens (including phenoxy) is 1. The minimum absolute atomic E-state index is 0. The van der Waals surface area contributed by atoms with Gasteiger partial charge in [-0.15, -0.1) is 0 Å². The number of carbonyl (C=O) groups is 1. The van der Waals surface area contributed by atoms with Crippen LogP contribution in [0.1, 0.15) is 5.56 Å². The van der Waals surface area contributed by atoms with Gasteiger partial charge in [0.25, 0.3) is 0 Å². The second-order valence-corrected chi connectivity index (χ2v) is 8.20. The van der Waals surface area contributed by atoms with Gasteiger partial charge in [0.1, 0.15) is 17.5 Å². The average molecular weight is 673 g/mol. The number of halogens is 3. The van der Waals surface area contributed by atoms with Crippen LogP contribution >= 0.6 is 67.8 Å². The molecular weight excluding hydrogens is 662 g/mol. The van der Waals surface area contributed by atoms with Crippen molar-refractivity contribution in [1.82, 2.24) is 0 Å². The molecule has 0 aliphatic rings. The van der Waals surface area contributed by atoms with Gasteiger partial charge in [-0.25, -0.2) is 0 Å². The monoisotopic (exact) mass is 673 g/mol. The van der Waals surface area contributed by atoms with E-state index in [0.29, 0.717) is 15.1 Å². The molecule has 2 aromatic carbocycles. The molecule has 0 aliphatic heterocycles. The smallest absolute Gasteiger partial charge is 0.872 e. The summed E-state index contributed by atoms with van der Waals surface area (Å²) in [6.45, 7) is 0. The molecule has 1 atom stereocenters. The fraction of sp³-hybridized carbons (Fsp3) is 0.133. The molecule has 5 nitrogen and oxygen atoms in total. The van der Waals surface area contributed by atoms with Crippen molar-refractivity contribution in [2.24, 2.45) is 5.73 Å². The van der Waals surface area contributed by atoms with Crippen molar-refractivity contribution in [1.29, 1.82) is 0 Å². The maximum absolute atomic E-state index is 11.4. The van der Waals surface area contributed by atoms with E-state index in [1.54, 1.807) is 12.1 Å². The van der Waals surface area contributed by atoms with E-state index in [4.69, 9.17) is 15.6 Å². The van der Waals surface area contributed by atoms with Crippen LogP contribution < -0.4 is 45.1 Å². The quantitative estimate of drug-likeness (QED) is 0.353. The van der Waals surface area contributed by atoms with Gasteiger partial charge in [-0.3, -0.25) is 4.79 Å². The van der Waals surface area contributed by atoms with Gasteiger partial charge < -0.3 is 20.7 Å². The van der Waals surface area contributed by atoms with Gasteiger partial charge in [-0.1, -0.05) is 11.8 Å². The van der Waals surface area contributed by atoms with Crippen LogP contribution in [0.25, 0.3) is 0 Å². The molecule has 9 heteroatoms. The number of aliphatic carboxylic acids is 1. The molecule has 0 spiro atoms. The predicted octanol–water partition coefficient (Wildman–Crippen LogP) is 0.325. The summed E-state index contributed by atoms with van der Waals surface area (Å²) in [5.41, 5.74) is 6.50. The maximum Gasteiger partial charge on any atom is 1.00 e. The van der Waals surface area contributed by atoms with E-state index in [0.717, 1.165) is 12.7 Å². The summed E-state index contributed by atoms with van der Waals surface area (Å²) in [5.74, 6) is 0.140. The molecule has 2 rings (SSSR count). The summed E-state index contributed by atoms with van der Waals surface area (Å²) in [4.78, 5) is 10.9. The number of hydrogen-bond acceptors (Lipinski definition) is 4. The number of carboxylic acids is 1. The van der Waals surface area contributed by atoms with Crippen molar-refractivity contribution < 1.29 is 49.3 Å². The second-order valence-electron chi connectivity index (χ2n) is 4.71. The first-order valence-electron chi connectivity index (χ1n) is 6.38. The van der Waals surface area contributed by atoms with Crippen LogP contribution in [0.3, 0.4) is 0 Å². The summed E-state index contributed by atoms with van der Waals surface area (Å²) in [7, 11) is 0. The predicted molar refractivity (Wildman–Crippen MR) is 110 cm³/mol. The zero-order valence-corrected chi connectivity index (χ0v) is 21.0. The molecular formula is C15H11I3NNaO4. The van der Waals surface area contributed by atoms with E-state index in [-0.39, 0.29) is 41.7 Å². The van der Waals surface area contributed by atoms with Gasteiger partial charge >= 0.3 is 35.5 Å². The largest absolute Gasteiger partial charge is 1.00 e. The molecule has 0 aliphatic carbocycles. The standard InChI is InChI=1S/C15H12I3NO4.Na/c16-10-4-8(23-7-1-2-14(20)12(18)3-7)5-11(17)9(10)6-13(19)15(21)22;/h1-5,13,20H,6,19H2,(H,21,22);/q;+1/p-1/t13-;/m1./s1. The third kappa shape index (κ3) is 6.13. The molecule has 3 N–H and O–H groups in total. The SMILES string of the molecule is N[C@H](Cc1c(I)cc(Oc2ccc([O-])c(I)c2)cc1I)C(=O)O.[Na+]. The van der Waals surface area contributed by atoms with Crippen molar-refractivity contribution in [2.75, 3.05) is 0 Å². The fourth-order valence-electron chi connectivity index (χ4n) is 1.82. The topological polar surface area (TPSA) is 95.6 Å². The van der Waals surface area contributed by atoms with Gasteiger partial charge in [0.15, 0.2) is 0 Å². The maximum atomic E-state index is 11.4. The molecule has 0 saturated carbocycles. The van der Waals surface area contributed by atoms with Crippen molar-refractivity contribution in [2.45, 2.75) is 12.5 Å². The Hall–Kier alpha value is 0.660. The molecule has 2 aromatic rings. The van der Waals surface area contributed by atoms with Crippen molar-refractivity contribution in [3.8, 4) is 17.2 Å². The Labute approximate surface area is 202 Å². The van der Waals surface area contributed by atoms with Crippen LogP contribution in [0.5, 0.6) is 17.2 Å². The molecule has 0 saturated heterocycles. The van der Waals surface area contributed by atoms with Gasteiger partial charge in [-0.2, -0.15) is 0 Å². The second kappa shape index (κ2) is 10.1. The van der Waals surface area contributed by atoms with E-state index >= 15 is 0 Å². The molecule has 0 amide bonds. The first-order valence-corrected chi connectivity index (χ1v) is 9.62.